The molecule has 0 bridgehead atoms. The van der Waals surface area contributed by atoms with Gasteiger partial charge in [0.25, 0.3) is 0 Å². The average molecular weight is 249 g/mol. The van der Waals surface area contributed by atoms with E-state index >= 15 is 0 Å². The van der Waals surface area contributed by atoms with Gasteiger partial charge < -0.3 is 9.64 Å². The van der Waals surface area contributed by atoms with Crippen molar-refractivity contribution in [3.05, 3.63) is 30.3 Å². The van der Waals surface area contributed by atoms with Crippen LogP contribution < -0.4 is 4.74 Å². The zero-order valence-electron chi connectivity index (χ0n) is 12.1. The van der Waals surface area contributed by atoms with Crippen LogP contribution in [0.1, 0.15) is 39.5 Å². The lowest BCUT2D eigenvalue weighted by Crippen LogP contribution is -2.27. The summed E-state index contributed by atoms with van der Waals surface area (Å²) in [4.78, 5) is 2.40. The number of ether oxygens (including phenoxy) is 1. The van der Waals surface area contributed by atoms with E-state index in [1.807, 2.05) is 30.3 Å². The maximum atomic E-state index is 5.66. The molecule has 1 aromatic rings. The van der Waals surface area contributed by atoms with Gasteiger partial charge in [0.05, 0.1) is 6.61 Å². The highest BCUT2D eigenvalue weighted by Gasteiger charge is 2.01. The van der Waals surface area contributed by atoms with Gasteiger partial charge in [-0.05, 0) is 52.4 Å². The van der Waals surface area contributed by atoms with E-state index in [-0.39, 0.29) is 0 Å². The topological polar surface area (TPSA) is 12.5 Å². The van der Waals surface area contributed by atoms with Crippen LogP contribution in [0.5, 0.6) is 5.75 Å². The van der Waals surface area contributed by atoms with Crippen LogP contribution in [-0.4, -0.2) is 31.1 Å². The molecule has 0 saturated heterocycles. The molecule has 2 nitrogen and oxygen atoms in total. The Morgan fingerprint density at radius 3 is 2.33 bits per heavy atom. The van der Waals surface area contributed by atoms with Crippen molar-refractivity contribution in [1.82, 2.24) is 4.90 Å². The van der Waals surface area contributed by atoms with Crippen molar-refractivity contribution in [2.24, 2.45) is 0 Å². The second-order valence-electron chi connectivity index (χ2n) is 5.15. The summed E-state index contributed by atoms with van der Waals surface area (Å²) in [7, 11) is 2.20. The first-order valence-corrected chi connectivity index (χ1v) is 7.08. The van der Waals surface area contributed by atoms with Crippen LogP contribution in [0.2, 0.25) is 0 Å². The number of para-hydroxylation sites is 1. The van der Waals surface area contributed by atoms with E-state index in [0.29, 0.717) is 6.04 Å². The first kappa shape index (κ1) is 15.0. The third-order valence-electron chi connectivity index (χ3n) is 3.30. The van der Waals surface area contributed by atoms with Crippen LogP contribution in [0.25, 0.3) is 0 Å². The third kappa shape index (κ3) is 6.65. The number of hydrogen-bond acceptors (Lipinski definition) is 2. The highest BCUT2D eigenvalue weighted by molar-refractivity contribution is 5.20. The van der Waals surface area contributed by atoms with Gasteiger partial charge in [0, 0.05) is 6.04 Å². The van der Waals surface area contributed by atoms with Gasteiger partial charge in [0.15, 0.2) is 0 Å². The Bertz CT molecular complexity index is 297. The zero-order chi connectivity index (χ0) is 13.2. The molecular weight excluding hydrogens is 222 g/mol. The van der Waals surface area contributed by atoms with Crippen molar-refractivity contribution < 1.29 is 4.74 Å². The van der Waals surface area contributed by atoms with Crippen molar-refractivity contribution in [2.75, 3.05) is 20.2 Å². The van der Waals surface area contributed by atoms with Gasteiger partial charge in [-0.25, -0.2) is 0 Å². The van der Waals surface area contributed by atoms with Crippen LogP contribution >= 0.6 is 0 Å². The van der Waals surface area contributed by atoms with E-state index in [4.69, 9.17) is 4.74 Å². The van der Waals surface area contributed by atoms with Gasteiger partial charge in [0.2, 0.25) is 0 Å². The van der Waals surface area contributed by atoms with Gasteiger partial charge in [-0.3, -0.25) is 0 Å². The fourth-order valence-corrected chi connectivity index (χ4v) is 1.78. The first-order valence-electron chi connectivity index (χ1n) is 7.08. The molecule has 0 saturated carbocycles. The van der Waals surface area contributed by atoms with Crippen LogP contribution in [0.3, 0.4) is 0 Å². The van der Waals surface area contributed by atoms with E-state index in [2.05, 4.69) is 25.8 Å². The predicted molar refractivity (Wildman–Crippen MR) is 78.2 cm³/mol. The van der Waals surface area contributed by atoms with Crippen LogP contribution in [0.4, 0.5) is 0 Å². The molecule has 0 atom stereocenters. The molecule has 1 rings (SSSR count). The molecule has 0 aliphatic heterocycles. The highest BCUT2D eigenvalue weighted by atomic mass is 16.5. The lowest BCUT2D eigenvalue weighted by Gasteiger charge is -2.20. The van der Waals surface area contributed by atoms with Gasteiger partial charge >= 0.3 is 0 Å². The standard InChI is InChI=1S/C16H27NO/c1-15(2)17(3)13-9-4-5-10-14-18-16-11-7-6-8-12-16/h6-8,11-12,15H,4-5,9-10,13-14H2,1-3H3. The molecule has 0 unspecified atom stereocenters. The molecule has 102 valence electrons. The molecule has 2 heteroatoms. The molecule has 18 heavy (non-hydrogen) atoms. The normalized spacial score (nSPS) is 11.2. The minimum absolute atomic E-state index is 0.659. The van der Waals surface area contributed by atoms with Crippen molar-refractivity contribution in [3.8, 4) is 5.75 Å². The number of benzene rings is 1. The maximum Gasteiger partial charge on any atom is 0.119 e. The number of hydrogen-bond donors (Lipinski definition) is 0. The Balaban J connectivity index is 1.93. The Kier molecular flexibility index (Phi) is 7.51. The lowest BCUT2D eigenvalue weighted by molar-refractivity contribution is 0.263. The Morgan fingerprint density at radius 1 is 1.00 bits per heavy atom. The van der Waals surface area contributed by atoms with Crippen LogP contribution in [0.15, 0.2) is 30.3 Å². The summed E-state index contributed by atoms with van der Waals surface area (Å²) in [5.41, 5.74) is 0. The van der Waals surface area contributed by atoms with Crippen molar-refractivity contribution in [3.63, 3.8) is 0 Å². The molecule has 0 aromatic heterocycles. The predicted octanol–water partition coefficient (Wildman–Crippen LogP) is 3.97. The van der Waals surface area contributed by atoms with Gasteiger partial charge in [0.1, 0.15) is 5.75 Å². The largest absolute Gasteiger partial charge is 0.494 e. The van der Waals surface area contributed by atoms with E-state index in [1.54, 1.807) is 0 Å². The molecule has 1 aromatic carbocycles. The number of rotatable bonds is 9. The summed E-state index contributed by atoms with van der Waals surface area (Å²) < 4.78 is 5.66. The molecule has 0 N–H and O–H groups in total. The van der Waals surface area contributed by atoms with E-state index in [1.165, 1.54) is 25.8 Å². The Morgan fingerprint density at radius 2 is 1.67 bits per heavy atom. The minimum atomic E-state index is 0.659. The summed E-state index contributed by atoms with van der Waals surface area (Å²) >= 11 is 0. The van der Waals surface area contributed by atoms with Crippen LogP contribution in [-0.2, 0) is 0 Å². The SMILES string of the molecule is CC(C)N(C)CCCCCCOc1ccccc1. The Labute approximate surface area is 112 Å². The second kappa shape index (κ2) is 8.98. The van der Waals surface area contributed by atoms with E-state index < -0.39 is 0 Å². The fourth-order valence-electron chi connectivity index (χ4n) is 1.78. The van der Waals surface area contributed by atoms with E-state index in [0.717, 1.165) is 18.8 Å². The molecule has 0 fully saturated rings. The quantitative estimate of drug-likeness (QED) is 0.614. The summed E-state index contributed by atoms with van der Waals surface area (Å²) in [6, 6.07) is 10.7. The molecule has 0 amide bonds. The summed E-state index contributed by atoms with van der Waals surface area (Å²) in [5, 5.41) is 0. The average Bonchev–Trinajstić information content (AvgIpc) is 2.38. The number of nitrogens with zero attached hydrogens (tertiary/aromatic N) is 1. The summed E-state index contributed by atoms with van der Waals surface area (Å²) in [6.45, 7) is 6.53. The smallest absolute Gasteiger partial charge is 0.119 e. The van der Waals surface area contributed by atoms with Gasteiger partial charge in [-0.15, -0.1) is 0 Å². The molecule has 0 aliphatic carbocycles. The lowest BCUT2D eigenvalue weighted by atomic mass is 10.2. The summed E-state index contributed by atoms with van der Waals surface area (Å²) in [5.74, 6) is 0.983. The van der Waals surface area contributed by atoms with Crippen molar-refractivity contribution in [1.29, 1.82) is 0 Å². The highest BCUT2D eigenvalue weighted by Crippen LogP contribution is 2.09. The van der Waals surface area contributed by atoms with Crippen LogP contribution in [0, 0.1) is 0 Å². The number of unbranched alkanes of at least 4 members (excludes halogenated alkanes) is 3. The first-order chi connectivity index (χ1) is 8.70. The monoisotopic (exact) mass is 249 g/mol. The maximum absolute atomic E-state index is 5.66. The molecular formula is C16H27NO. The molecule has 0 aliphatic rings. The third-order valence-corrected chi connectivity index (χ3v) is 3.30. The van der Waals surface area contributed by atoms with Crippen molar-refractivity contribution in [2.45, 2.75) is 45.6 Å². The molecule has 0 heterocycles. The zero-order valence-corrected chi connectivity index (χ0v) is 12.1. The minimum Gasteiger partial charge on any atom is -0.494 e. The fraction of sp³-hybridized carbons (Fsp3) is 0.625. The molecule has 0 radical (unpaired) electrons. The Hall–Kier alpha value is -1.02. The second-order valence-corrected chi connectivity index (χ2v) is 5.15. The summed E-state index contributed by atoms with van der Waals surface area (Å²) in [6.07, 6.45) is 5.01. The molecule has 0 spiro atoms. The van der Waals surface area contributed by atoms with Gasteiger partial charge in [-0.1, -0.05) is 31.0 Å². The van der Waals surface area contributed by atoms with E-state index in [9.17, 15) is 0 Å². The van der Waals surface area contributed by atoms with Crippen molar-refractivity contribution >= 4 is 0 Å². The van der Waals surface area contributed by atoms with Gasteiger partial charge in [-0.2, -0.15) is 0 Å².